The van der Waals surface area contributed by atoms with Crippen LogP contribution in [0.4, 0.5) is 13.2 Å². The minimum atomic E-state index is -4.51. The largest absolute Gasteiger partial charge is 0.477 e. The third-order valence-corrected chi connectivity index (χ3v) is 2.59. The number of rotatable bonds is 3. The van der Waals surface area contributed by atoms with E-state index in [9.17, 15) is 18.0 Å². The summed E-state index contributed by atoms with van der Waals surface area (Å²) in [6.07, 6.45) is -4.51. The average Bonchev–Trinajstić information content (AvgIpc) is 2.37. The van der Waals surface area contributed by atoms with Gasteiger partial charge in [0.25, 0.3) is 0 Å². The number of halogens is 4. The fourth-order valence-corrected chi connectivity index (χ4v) is 1.69. The summed E-state index contributed by atoms with van der Waals surface area (Å²) < 4.78 is 42.8. The Hall–Kier alpha value is -2.28. The Balaban J connectivity index is 2.32. The van der Waals surface area contributed by atoms with E-state index in [-0.39, 0.29) is 22.3 Å². The van der Waals surface area contributed by atoms with Crippen LogP contribution in [0.1, 0.15) is 16.1 Å². The minimum absolute atomic E-state index is 0.0457. The van der Waals surface area contributed by atoms with Crippen LogP contribution in [0.25, 0.3) is 0 Å². The number of carboxylic acids is 1. The van der Waals surface area contributed by atoms with Gasteiger partial charge >= 0.3 is 12.1 Å². The number of ether oxygens (including phenoxy) is 1. The standard InChI is InChI=1S/C13H7ClF3NO3/c14-8-5-10(12(19)20)18-11(6-8)21-9-3-1-2-7(4-9)13(15,16)17/h1-6H,(H,19,20). The molecule has 0 amide bonds. The van der Waals surface area contributed by atoms with E-state index in [0.717, 1.165) is 18.2 Å². The lowest BCUT2D eigenvalue weighted by atomic mass is 10.2. The molecule has 1 heterocycles. The third kappa shape index (κ3) is 3.85. The normalized spacial score (nSPS) is 11.2. The molecule has 0 bridgehead atoms. The lowest BCUT2D eigenvalue weighted by Crippen LogP contribution is -2.05. The molecule has 1 N–H and O–H groups in total. The van der Waals surface area contributed by atoms with Crippen LogP contribution >= 0.6 is 11.6 Å². The summed E-state index contributed by atoms with van der Waals surface area (Å²) in [4.78, 5) is 14.5. The van der Waals surface area contributed by atoms with Gasteiger partial charge in [0, 0.05) is 11.1 Å². The fraction of sp³-hybridized carbons (Fsp3) is 0.0769. The summed E-state index contributed by atoms with van der Waals surface area (Å²) in [7, 11) is 0. The Kier molecular flexibility index (Phi) is 4.04. The summed E-state index contributed by atoms with van der Waals surface area (Å²) in [5, 5.41) is 8.87. The smallest absolute Gasteiger partial charge is 0.416 e. The van der Waals surface area contributed by atoms with Crippen LogP contribution < -0.4 is 4.74 Å². The number of aromatic carboxylic acids is 1. The lowest BCUT2D eigenvalue weighted by Gasteiger charge is -2.10. The van der Waals surface area contributed by atoms with Gasteiger partial charge in [-0.25, -0.2) is 9.78 Å². The molecule has 0 fully saturated rings. The molecule has 4 nitrogen and oxygen atoms in total. The zero-order valence-electron chi connectivity index (χ0n) is 10.2. The summed E-state index contributed by atoms with van der Waals surface area (Å²) in [6, 6.07) is 6.43. The van der Waals surface area contributed by atoms with E-state index in [4.69, 9.17) is 21.4 Å². The number of carbonyl (C=O) groups is 1. The number of pyridine rings is 1. The van der Waals surface area contributed by atoms with Gasteiger partial charge in [-0.1, -0.05) is 17.7 Å². The van der Waals surface area contributed by atoms with E-state index in [1.54, 1.807) is 0 Å². The maximum absolute atomic E-state index is 12.6. The Bertz CT molecular complexity index is 689. The maximum atomic E-state index is 12.6. The number of hydrogen-bond donors (Lipinski definition) is 1. The van der Waals surface area contributed by atoms with Crippen LogP contribution in [0.15, 0.2) is 36.4 Å². The Labute approximate surface area is 121 Å². The van der Waals surface area contributed by atoms with Crippen molar-refractivity contribution in [3.05, 3.63) is 52.7 Å². The van der Waals surface area contributed by atoms with Gasteiger partial charge in [-0.05, 0) is 24.3 Å². The van der Waals surface area contributed by atoms with Crippen molar-refractivity contribution in [2.45, 2.75) is 6.18 Å². The topological polar surface area (TPSA) is 59.4 Å². The maximum Gasteiger partial charge on any atom is 0.416 e. The van der Waals surface area contributed by atoms with E-state index in [1.807, 2.05) is 0 Å². The lowest BCUT2D eigenvalue weighted by molar-refractivity contribution is -0.137. The number of carboxylic acid groups (broad SMARTS) is 1. The number of hydrogen-bond acceptors (Lipinski definition) is 3. The van der Waals surface area contributed by atoms with Crippen molar-refractivity contribution in [3.8, 4) is 11.6 Å². The van der Waals surface area contributed by atoms with Crippen molar-refractivity contribution >= 4 is 17.6 Å². The van der Waals surface area contributed by atoms with E-state index < -0.39 is 17.7 Å². The Morgan fingerprint density at radius 1 is 1.24 bits per heavy atom. The van der Waals surface area contributed by atoms with Crippen molar-refractivity contribution in [2.24, 2.45) is 0 Å². The second-order valence-electron chi connectivity index (χ2n) is 3.94. The van der Waals surface area contributed by atoms with E-state index in [2.05, 4.69) is 4.98 Å². The second kappa shape index (κ2) is 5.61. The van der Waals surface area contributed by atoms with Crippen molar-refractivity contribution in [1.29, 1.82) is 0 Å². The van der Waals surface area contributed by atoms with Crippen LogP contribution in [0, 0.1) is 0 Å². The highest BCUT2D eigenvalue weighted by Gasteiger charge is 2.30. The molecule has 1 aromatic carbocycles. The molecule has 0 saturated carbocycles. The first-order valence-electron chi connectivity index (χ1n) is 5.52. The average molecular weight is 318 g/mol. The molecule has 0 unspecified atom stereocenters. The molecule has 0 atom stereocenters. The molecule has 2 aromatic rings. The number of nitrogens with zero attached hydrogens (tertiary/aromatic N) is 1. The first-order valence-corrected chi connectivity index (χ1v) is 5.89. The van der Waals surface area contributed by atoms with Gasteiger partial charge in [-0.3, -0.25) is 0 Å². The highest BCUT2D eigenvalue weighted by atomic mass is 35.5. The first-order chi connectivity index (χ1) is 9.75. The predicted octanol–water partition coefficient (Wildman–Crippen LogP) is 4.24. The SMILES string of the molecule is O=C(O)c1cc(Cl)cc(Oc2cccc(C(F)(F)F)c2)n1. The van der Waals surface area contributed by atoms with Crippen LogP contribution in [0.3, 0.4) is 0 Å². The molecular weight excluding hydrogens is 311 g/mol. The molecule has 1 aromatic heterocycles. The molecule has 0 radical (unpaired) electrons. The van der Waals surface area contributed by atoms with E-state index in [0.29, 0.717) is 0 Å². The summed E-state index contributed by atoms with van der Waals surface area (Å²) in [6.45, 7) is 0. The van der Waals surface area contributed by atoms with Gasteiger partial charge in [-0.15, -0.1) is 0 Å². The highest BCUT2D eigenvalue weighted by Crippen LogP contribution is 2.32. The molecule has 0 aliphatic carbocycles. The van der Waals surface area contributed by atoms with Crippen LogP contribution in [-0.4, -0.2) is 16.1 Å². The summed E-state index contributed by atoms with van der Waals surface area (Å²) >= 11 is 5.70. The number of alkyl halides is 3. The molecule has 0 aliphatic rings. The van der Waals surface area contributed by atoms with Crippen LogP contribution in [0.2, 0.25) is 5.02 Å². The van der Waals surface area contributed by atoms with Crippen molar-refractivity contribution in [3.63, 3.8) is 0 Å². The van der Waals surface area contributed by atoms with Crippen LogP contribution in [0.5, 0.6) is 11.6 Å². The Morgan fingerprint density at radius 3 is 2.57 bits per heavy atom. The molecule has 0 spiro atoms. The predicted molar refractivity (Wildman–Crippen MR) is 67.7 cm³/mol. The summed E-state index contributed by atoms with van der Waals surface area (Å²) in [5.41, 5.74) is -1.26. The molecule has 0 aliphatic heterocycles. The van der Waals surface area contributed by atoms with Crippen molar-refractivity contribution in [1.82, 2.24) is 4.98 Å². The van der Waals surface area contributed by atoms with E-state index in [1.165, 1.54) is 18.2 Å². The summed E-state index contributed by atoms with van der Waals surface area (Å²) in [5.74, 6) is -1.67. The van der Waals surface area contributed by atoms with Gasteiger partial charge in [-0.2, -0.15) is 13.2 Å². The molecule has 8 heteroatoms. The van der Waals surface area contributed by atoms with E-state index >= 15 is 0 Å². The van der Waals surface area contributed by atoms with Gasteiger partial charge in [0.1, 0.15) is 5.75 Å². The third-order valence-electron chi connectivity index (χ3n) is 2.37. The number of aromatic nitrogens is 1. The number of benzene rings is 1. The fourth-order valence-electron chi connectivity index (χ4n) is 1.49. The zero-order chi connectivity index (χ0) is 15.6. The van der Waals surface area contributed by atoms with Gasteiger partial charge in [0.05, 0.1) is 5.56 Å². The monoisotopic (exact) mass is 317 g/mol. The van der Waals surface area contributed by atoms with Gasteiger partial charge in [0.15, 0.2) is 5.69 Å². The first kappa shape index (κ1) is 15.1. The highest BCUT2D eigenvalue weighted by molar-refractivity contribution is 6.31. The van der Waals surface area contributed by atoms with Crippen LogP contribution in [-0.2, 0) is 6.18 Å². The van der Waals surface area contributed by atoms with Gasteiger partial charge < -0.3 is 9.84 Å². The Morgan fingerprint density at radius 2 is 1.95 bits per heavy atom. The molecule has 2 rings (SSSR count). The zero-order valence-corrected chi connectivity index (χ0v) is 10.9. The van der Waals surface area contributed by atoms with Crippen molar-refractivity contribution < 1.29 is 27.8 Å². The van der Waals surface area contributed by atoms with Crippen molar-refractivity contribution in [2.75, 3.05) is 0 Å². The molecular formula is C13H7ClF3NO3. The second-order valence-corrected chi connectivity index (χ2v) is 4.38. The quantitative estimate of drug-likeness (QED) is 0.919. The molecule has 21 heavy (non-hydrogen) atoms. The molecule has 0 saturated heterocycles. The van der Waals surface area contributed by atoms with Gasteiger partial charge in [0.2, 0.25) is 5.88 Å². The molecule has 110 valence electrons. The minimum Gasteiger partial charge on any atom is -0.477 e.